The summed E-state index contributed by atoms with van der Waals surface area (Å²) >= 11 is 0. The Morgan fingerprint density at radius 2 is 1.88 bits per heavy atom. The van der Waals surface area contributed by atoms with Crippen molar-refractivity contribution in [3.8, 4) is 6.07 Å². The molecule has 26 heavy (non-hydrogen) atoms. The summed E-state index contributed by atoms with van der Waals surface area (Å²) in [5.74, 6) is -0.343. The molecular formula is C21H25N3O2. The Labute approximate surface area is 154 Å². The average molecular weight is 351 g/mol. The van der Waals surface area contributed by atoms with Gasteiger partial charge in [-0.15, -0.1) is 0 Å². The van der Waals surface area contributed by atoms with Crippen LogP contribution in [0.1, 0.15) is 18.9 Å². The van der Waals surface area contributed by atoms with E-state index in [4.69, 9.17) is 4.74 Å². The molecule has 136 valence electrons. The SMILES string of the molecule is COCCCNC(=O)/C(C#N)=C(\C)c1ccc2cc(N(C)C)ccc2c1. The van der Waals surface area contributed by atoms with Gasteiger partial charge in [0.25, 0.3) is 5.91 Å². The second-order valence-electron chi connectivity index (χ2n) is 6.35. The van der Waals surface area contributed by atoms with Crippen molar-refractivity contribution in [1.82, 2.24) is 5.32 Å². The van der Waals surface area contributed by atoms with E-state index in [9.17, 15) is 10.1 Å². The molecule has 0 aromatic heterocycles. The van der Waals surface area contributed by atoms with Gasteiger partial charge in [-0.1, -0.05) is 18.2 Å². The number of nitriles is 1. The number of carbonyl (C=O) groups excluding carboxylic acids is 1. The number of nitrogens with one attached hydrogen (secondary N) is 1. The minimum Gasteiger partial charge on any atom is -0.385 e. The Morgan fingerprint density at radius 1 is 1.19 bits per heavy atom. The van der Waals surface area contributed by atoms with Crippen molar-refractivity contribution in [2.24, 2.45) is 0 Å². The van der Waals surface area contributed by atoms with Crippen molar-refractivity contribution in [3.05, 3.63) is 47.5 Å². The predicted molar refractivity (Wildman–Crippen MR) is 106 cm³/mol. The van der Waals surface area contributed by atoms with Gasteiger partial charge in [-0.2, -0.15) is 5.26 Å². The van der Waals surface area contributed by atoms with Crippen LogP contribution in [0.3, 0.4) is 0 Å². The molecule has 1 N–H and O–H groups in total. The van der Waals surface area contributed by atoms with Gasteiger partial charge in [0.2, 0.25) is 0 Å². The number of hydrogen-bond donors (Lipinski definition) is 1. The number of amides is 1. The number of carbonyl (C=O) groups is 1. The van der Waals surface area contributed by atoms with Crippen LogP contribution in [0.15, 0.2) is 42.0 Å². The van der Waals surface area contributed by atoms with E-state index >= 15 is 0 Å². The summed E-state index contributed by atoms with van der Waals surface area (Å²) in [5, 5.41) is 14.4. The van der Waals surface area contributed by atoms with Crippen LogP contribution in [0.2, 0.25) is 0 Å². The molecule has 0 atom stereocenters. The van der Waals surface area contributed by atoms with E-state index in [1.165, 1.54) is 0 Å². The topological polar surface area (TPSA) is 65.4 Å². The summed E-state index contributed by atoms with van der Waals surface area (Å²) in [5.41, 5.74) is 2.83. The molecule has 2 rings (SSSR count). The number of anilines is 1. The molecule has 0 aliphatic rings. The molecule has 2 aromatic rings. The summed E-state index contributed by atoms with van der Waals surface area (Å²) < 4.78 is 4.96. The normalized spacial score (nSPS) is 11.7. The van der Waals surface area contributed by atoms with E-state index in [0.29, 0.717) is 25.1 Å². The van der Waals surface area contributed by atoms with Crippen LogP contribution in [0.4, 0.5) is 5.69 Å². The fourth-order valence-electron chi connectivity index (χ4n) is 2.70. The van der Waals surface area contributed by atoms with E-state index in [1.807, 2.05) is 45.3 Å². The van der Waals surface area contributed by atoms with Crippen LogP contribution in [-0.4, -0.2) is 40.3 Å². The average Bonchev–Trinajstić information content (AvgIpc) is 2.64. The highest BCUT2D eigenvalue weighted by Crippen LogP contribution is 2.26. The third kappa shape index (κ3) is 4.62. The fourth-order valence-corrected chi connectivity index (χ4v) is 2.70. The molecule has 5 heteroatoms. The van der Waals surface area contributed by atoms with Crippen LogP contribution in [0.5, 0.6) is 0 Å². The van der Waals surface area contributed by atoms with Gasteiger partial charge < -0.3 is 15.0 Å². The number of hydrogen-bond acceptors (Lipinski definition) is 4. The number of rotatable bonds is 7. The lowest BCUT2D eigenvalue weighted by Crippen LogP contribution is -2.26. The highest BCUT2D eigenvalue weighted by molar-refractivity contribution is 6.05. The molecule has 0 unspecified atom stereocenters. The first-order valence-corrected chi connectivity index (χ1v) is 8.57. The molecule has 0 spiro atoms. The van der Waals surface area contributed by atoms with Crippen LogP contribution in [-0.2, 0) is 9.53 Å². The largest absolute Gasteiger partial charge is 0.385 e. The molecule has 0 fully saturated rings. The number of benzene rings is 2. The van der Waals surface area contributed by atoms with Gasteiger partial charge in [0, 0.05) is 40.0 Å². The molecule has 0 saturated heterocycles. The summed E-state index contributed by atoms with van der Waals surface area (Å²) in [4.78, 5) is 14.4. The molecule has 0 aliphatic heterocycles. The lowest BCUT2D eigenvalue weighted by atomic mass is 9.98. The number of nitrogens with zero attached hydrogens (tertiary/aromatic N) is 2. The summed E-state index contributed by atoms with van der Waals surface area (Å²) in [6.07, 6.45) is 0.712. The molecule has 5 nitrogen and oxygen atoms in total. The minimum absolute atomic E-state index is 0.145. The van der Waals surface area contributed by atoms with Crippen LogP contribution in [0, 0.1) is 11.3 Å². The second-order valence-corrected chi connectivity index (χ2v) is 6.35. The smallest absolute Gasteiger partial charge is 0.262 e. The van der Waals surface area contributed by atoms with Gasteiger partial charge in [-0.25, -0.2) is 0 Å². The third-order valence-corrected chi connectivity index (χ3v) is 4.30. The monoisotopic (exact) mass is 351 g/mol. The molecule has 2 aromatic carbocycles. The highest BCUT2D eigenvalue weighted by Gasteiger charge is 2.14. The summed E-state index contributed by atoms with van der Waals surface area (Å²) in [6.45, 7) is 2.86. The van der Waals surface area contributed by atoms with Crippen molar-refractivity contribution in [1.29, 1.82) is 5.26 Å². The molecule has 1 amide bonds. The zero-order chi connectivity index (χ0) is 19.1. The first kappa shape index (κ1) is 19.5. The maximum atomic E-state index is 12.3. The van der Waals surface area contributed by atoms with Crippen LogP contribution in [0.25, 0.3) is 16.3 Å². The van der Waals surface area contributed by atoms with Gasteiger partial charge in [-0.3, -0.25) is 4.79 Å². The van der Waals surface area contributed by atoms with Crippen LogP contribution < -0.4 is 10.2 Å². The van der Waals surface area contributed by atoms with Crippen molar-refractivity contribution >= 4 is 27.9 Å². The van der Waals surface area contributed by atoms with Gasteiger partial charge in [-0.05, 0) is 53.5 Å². The zero-order valence-electron chi connectivity index (χ0n) is 15.8. The Kier molecular flexibility index (Phi) is 6.76. The Bertz CT molecular complexity index is 863. The standard InChI is InChI=1S/C21H25N3O2/c1-15(20(14-22)21(25)23-10-5-11-26-4)16-6-7-18-13-19(24(2)3)9-8-17(18)12-16/h6-9,12-13H,5,10-11H2,1-4H3,(H,23,25)/b20-15+. The third-order valence-electron chi connectivity index (χ3n) is 4.30. The first-order valence-electron chi connectivity index (χ1n) is 8.57. The molecule has 0 bridgehead atoms. The van der Waals surface area contributed by atoms with Gasteiger partial charge in [0.15, 0.2) is 0 Å². The second kappa shape index (κ2) is 9.02. The maximum absolute atomic E-state index is 12.3. The quantitative estimate of drug-likeness (QED) is 0.472. The van der Waals surface area contributed by atoms with Gasteiger partial charge >= 0.3 is 0 Å². The van der Waals surface area contributed by atoms with Crippen molar-refractivity contribution in [3.63, 3.8) is 0 Å². The highest BCUT2D eigenvalue weighted by atomic mass is 16.5. The Hall–Kier alpha value is -2.84. The molecule has 0 aliphatic carbocycles. The predicted octanol–water partition coefficient (Wildman–Crippen LogP) is 3.36. The summed E-state index contributed by atoms with van der Waals surface area (Å²) in [6, 6.07) is 14.3. The molecular weight excluding hydrogens is 326 g/mol. The van der Waals surface area contributed by atoms with E-state index in [-0.39, 0.29) is 11.5 Å². The lowest BCUT2D eigenvalue weighted by molar-refractivity contribution is -0.117. The Morgan fingerprint density at radius 3 is 2.54 bits per heavy atom. The number of fused-ring (bicyclic) bond motifs is 1. The fraction of sp³-hybridized carbons (Fsp3) is 0.333. The van der Waals surface area contributed by atoms with E-state index in [2.05, 4.69) is 28.4 Å². The van der Waals surface area contributed by atoms with E-state index in [1.54, 1.807) is 7.11 Å². The van der Waals surface area contributed by atoms with E-state index < -0.39 is 0 Å². The number of ether oxygens (including phenoxy) is 1. The number of allylic oxidation sites excluding steroid dienone is 1. The van der Waals surface area contributed by atoms with Gasteiger partial charge in [0.05, 0.1) is 0 Å². The van der Waals surface area contributed by atoms with Crippen molar-refractivity contribution in [2.75, 3.05) is 39.3 Å². The van der Waals surface area contributed by atoms with Gasteiger partial charge in [0.1, 0.15) is 11.6 Å². The van der Waals surface area contributed by atoms with Crippen LogP contribution >= 0.6 is 0 Å². The molecule has 0 radical (unpaired) electrons. The van der Waals surface area contributed by atoms with Crippen molar-refractivity contribution in [2.45, 2.75) is 13.3 Å². The Balaban J connectivity index is 2.29. The van der Waals surface area contributed by atoms with Crippen molar-refractivity contribution < 1.29 is 9.53 Å². The minimum atomic E-state index is -0.343. The first-order chi connectivity index (χ1) is 12.5. The maximum Gasteiger partial charge on any atom is 0.262 e. The lowest BCUT2D eigenvalue weighted by Gasteiger charge is -2.14. The summed E-state index contributed by atoms with van der Waals surface area (Å²) in [7, 11) is 5.63. The number of methoxy groups -OCH3 is 1. The molecule has 0 heterocycles. The zero-order valence-corrected chi connectivity index (χ0v) is 15.8. The molecule has 0 saturated carbocycles. The van der Waals surface area contributed by atoms with E-state index in [0.717, 1.165) is 22.0 Å².